The van der Waals surface area contributed by atoms with E-state index in [2.05, 4.69) is 10.3 Å². The monoisotopic (exact) mass is 326 g/mol. The van der Waals surface area contributed by atoms with Gasteiger partial charge in [0.2, 0.25) is 6.79 Å². The number of benzene rings is 2. The van der Waals surface area contributed by atoms with Crippen molar-refractivity contribution in [1.82, 2.24) is 5.32 Å². The molecule has 1 heterocycles. The van der Waals surface area contributed by atoms with Crippen LogP contribution in [-0.2, 0) is 4.74 Å². The Balaban J connectivity index is 1.72. The normalized spacial score (nSPS) is 14.2. The van der Waals surface area contributed by atoms with Crippen LogP contribution in [0.3, 0.4) is 0 Å². The summed E-state index contributed by atoms with van der Waals surface area (Å²) in [5.74, 6) is 0.857. The Morgan fingerprint density at radius 2 is 1.92 bits per heavy atom. The lowest BCUT2D eigenvalue weighted by Crippen LogP contribution is -2.32. The first kappa shape index (κ1) is 15.9. The van der Waals surface area contributed by atoms with Gasteiger partial charge < -0.3 is 14.2 Å². The van der Waals surface area contributed by atoms with Crippen LogP contribution in [0, 0.1) is 0 Å². The van der Waals surface area contributed by atoms with Crippen LogP contribution < -0.4 is 14.8 Å². The highest BCUT2D eigenvalue weighted by Gasteiger charge is 2.17. The van der Waals surface area contributed by atoms with Gasteiger partial charge in [0.25, 0.3) is 11.9 Å². The average molecular weight is 326 g/mol. The van der Waals surface area contributed by atoms with Crippen molar-refractivity contribution in [2.24, 2.45) is 4.99 Å². The minimum atomic E-state index is -0.325. The highest BCUT2D eigenvalue weighted by atomic mass is 16.7. The topological polar surface area (TPSA) is 69.2 Å². The number of amides is 1. The van der Waals surface area contributed by atoms with E-state index in [1.807, 2.05) is 37.3 Å². The van der Waals surface area contributed by atoms with Crippen LogP contribution >= 0.6 is 0 Å². The zero-order chi connectivity index (χ0) is 16.9. The van der Waals surface area contributed by atoms with Crippen LogP contribution in [0.5, 0.6) is 11.5 Å². The van der Waals surface area contributed by atoms with Crippen LogP contribution in [0.2, 0.25) is 0 Å². The third-order valence-electron chi connectivity index (χ3n) is 3.64. The van der Waals surface area contributed by atoms with E-state index in [0.717, 1.165) is 5.56 Å². The number of nitrogens with one attached hydrogen (secondary N) is 1. The molecule has 124 valence electrons. The van der Waals surface area contributed by atoms with Gasteiger partial charge in [0.15, 0.2) is 11.5 Å². The van der Waals surface area contributed by atoms with Gasteiger partial charge in [0, 0.05) is 5.56 Å². The van der Waals surface area contributed by atoms with E-state index < -0.39 is 0 Å². The van der Waals surface area contributed by atoms with E-state index in [9.17, 15) is 4.79 Å². The Hall–Kier alpha value is -3.02. The fraction of sp³-hybridized carbons (Fsp3) is 0.222. The number of methoxy groups -OCH3 is 1. The highest BCUT2D eigenvalue weighted by Crippen LogP contribution is 2.32. The summed E-state index contributed by atoms with van der Waals surface area (Å²) in [7, 11) is 1.47. The SMILES string of the molecule is COC(=N[C@H](C)c1ccccc1)NC(=O)c1ccc2c(c1)OCO2. The first-order valence-electron chi connectivity index (χ1n) is 7.55. The van der Waals surface area contributed by atoms with Gasteiger partial charge in [-0.3, -0.25) is 10.1 Å². The number of hydrogen-bond acceptors (Lipinski definition) is 5. The van der Waals surface area contributed by atoms with E-state index in [0.29, 0.717) is 17.1 Å². The lowest BCUT2D eigenvalue weighted by molar-refractivity contribution is 0.0967. The maximum absolute atomic E-state index is 12.4. The molecule has 0 radical (unpaired) electrons. The van der Waals surface area contributed by atoms with E-state index in [4.69, 9.17) is 14.2 Å². The quantitative estimate of drug-likeness (QED) is 0.695. The Kier molecular flexibility index (Phi) is 4.65. The fourth-order valence-electron chi connectivity index (χ4n) is 2.33. The number of fused-ring (bicyclic) bond motifs is 1. The number of nitrogens with zero attached hydrogens (tertiary/aromatic N) is 1. The Labute approximate surface area is 140 Å². The smallest absolute Gasteiger partial charge is 0.292 e. The molecule has 6 nitrogen and oxygen atoms in total. The second kappa shape index (κ2) is 7.04. The number of hydrogen-bond donors (Lipinski definition) is 1. The molecule has 1 aliphatic heterocycles. The zero-order valence-electron chi connectivity index (χ0n) is 13.5. The van der Waals surface area contributed by atoms with E-state index >= 15 is 0 Å². The minimum Gasteiger partial charge on any atom is -0.468 e. The predicted molar refractivity (Wildman–Crippen MR) is 89.3 cm³/mol. The standard InChI is InChI=1S/C18H18N2O4/c1-12(13-6-4-3-5-7-13)19-18(22-2)20-17(21)14-8-9-15-16(10-14)24-11-23-15/h3-10,12H,11H2,1-2H3,(H,19,20,21)/t12-/m1/s1. The van der Waals surface area contributed by atoms with Gasteiger partial charge in [-0.1, -0.05) is 30.3 Å². The molecule has 2 aromatic rings. The molecule has 0 aromatic heterocycles. The molecule has 24 heavy (non-hydrogen) atoms. The summed E-state index contributed by atoms with van der Waals surface area (Å²) in [5.41, 5.74) is 1.47. The predicted octanol–water partition coefficient (Wildman–Crippen LogP) is 2.91. The van der Waals surface area contributed by atoms with Gasteiger partial charge in [-0.15, -0.1) is 0 Å². The van der Waals surface area contributed by atoms with Crippen LogP contribution in [0.15, 0.2) is 53.5 Å². The van der Waals surface area contributed by atoms with Crippen LogP contribution in [0.4, 0.5) is 0 Å². The van der Waals surface area contributed by atoms with Gasteiger partial charge in [0.05, 0.1) is 13.2 Å². The molecule has 1 N–H and O–H groups in total. The molecule has 0 spiro atoms. The zero-order valence-corrected chi connectivity index (χ0v) is 13.5. The van der Waals surface area contributed by atoms with E-state index in [1.165, 1.54) is 7.11 Å². The molecular formula is C18H18N2O4. The van der Waals surface area contributed by atoms with Crippen molar-refractivity contribution in [3.63, 3.8) is 0 Å². The van der Waals surface area contributed by atoms with Crippen molar-refractivity contribution in [2.75, 3.05) is 13.9 Å². The lowest BCUT2D eigenvalue weighted by atomic mass is 10.1. The summed E-state index contributed by atoms with van der Waals surface area (Å²) in [4.78, 5) is 16.8. The van der Waals surface area contributed by atoms with E-state index in [-0.39, 0.29) is 24.8 Å². The summed E-state index contributed by atoms with van der Waals surface area (Å²) >= 11 is 0. The first-order chi connectivity index (χ1) is 11.7. The average Bonchev–Trinajstić information content (AvgIpc) is 3.09. The van der Waals surface area contributed by atoms with Crippen LogP contribution in [0.25, 0.3) is 0 Å². The largest absolute Gasteiger partial charge is 0.468 e. The lowest BCUT2D eigenvalue weighted by Gasteiger charge is -2.11. The summed E-state index contributed by atoms with van der Waals surface area (Å²) in [6, 6.07) is 14.8. The molecule has 1 aliphatic rings. The molecule has 3 rings (SSSR count). The third kappa shape index (κ3) is 3.48. The molecule has 0 aliphatic carbocycles. The van der Waals surface area contributed by atoms with Crippen molar-refractivity contribution in [1.29, 1.82) is 0 Å². The number of carbonyl (C=O) groups is 1. The molecule has 0 fully saturated rings. The molecule has 0 saturated heterocycles. The maximum atomic E-state index is 12.4. The van der Waals surface area contributed by atoms with Crippen molar-refractivity contribution >= 4 is 11.9 Å². The molecule has 0 saturated carbocycles. The summed E-state index contributed by atoms with van der Waals surface area (Å²) in [5, 5.41) is 2.67. The van der Waals surface area contributed by atoms with Crippen LogP contribution in [0.1, 0.15) is 28.9 Å². The van der Waals surface area contributed by atoms with Gasteiger partial charge in [-0.05, 0) is 30.7 Å². The molecule has 6 heteroatoms. The number of amidine groups is 1. The number of rotatable bonds is 3. The number of aliphatic imine (C=N–C) groups is 1. The Morgan fingerprint density at radius 1 is 1.17 bits per heavy atom. The van der Waals surface area contributed by atoms with Crippen molar-refractivity contribution < 1.29 is 19.0 Å². The molecular weight excluding hydrogens is 308 g/mol. The first-order valence-corrected chi connectivity index (χ1v) is 7.55. The molecule has 2 aromatic carbocycles. The Morgan fingerprint density at radius 3 is 2.67 bits per heavy atom. The molecule has 0 bridgehead atoms. The van der Waals surface area contributed by atoms with Gasteiger partial charge in [0.1, 0.15) is 0 Å². The molecule has 1 atom stereocenters. The van der Waals surface area contributed by atoms with Gasteiger partial charge in [-0.2, -0.15) is 0 Å². The van der Waals surface area contributed by atoms with Crippen LogP contribution in [-0.4, -0.2) is 25.8 Å². The molecule has 1 amide bonds. The highest BCUT2D eigenvalue weighted by molar-refractivity contribution is 6.04. The second-order valence-corrected chi connectivity index (χ2v) is 5.25. The van der Waals surface area contributed by atoms with Gasteiger partial charge >= 0.3 is 0 Å². The van der Waals surface area contributed by atoms with Gasteiger partial charge in [-0.25, -0.2) is 4.99 Å². The maximum Gasteiger partial charge on any atom is 0.292 e. The fourth-order valence-corrected chi connectivity index (χ4v) is 2.33. The third-order valence-corrected chi connectivity index (χ3v) is 3.64. The van der Waals surface area contributed by atoms with Crippen molar-refractivity contribution in [3.05, 3.63) is 59.7 Å². The number of ether oxygens (including phenoxy) is 3. The summed E-state index contributed by atoms with van der Waals surface area (Å²) in [6.07, 6.45) is 0. The van der Waals surface area contributed by atoms with Crippen molar-refractivity contribution in [3.8, 4) is 11.5 Å². The molecule has 0 unspecified atom stereocenters. The van der Waals surface area contributed by atoms with E-state index in [1.54, 1.807) is 18.2 Å². The Bertz CT molecular complexity index is 759. The summed E-state index contributed by atoms with van der Waals surface area (Å²) < 4.78 is 15.7. The number of carbonyl (C=O) groups excluding carboxylic acids is 1. The summed E-state index contributed by atoms with van der Waals surface area (Å²) in [6.45, 7) is 2.10. The van der Waals surface area contributed by atoms with Crippen molar-refractivity contribution in [2.45, 2.75) is 13.0 Å². The minimum absolute atomic E-state index is 0.141. The second-order valence-electron chi connectivity index (χ2n) is 5.25.